The van der Waals surface area contributed by atoms with Crippen LogP contribution in [0.3, 0.4) is 0 Å². The van der Waals surface area contributed by atoms with Gasteiger partial charge in [-0.05, 0) is 44.0 Å². The number of benzene rings is 1. The van der Waals surface area contributed by atoms with E-state index in [2.05, 4.69) is 19.2 Å². The molecule has 0 aromatic heterocycles. The molecular weight excluding hydrogens is 229 g/mol. The Morgan fingerprint density at radius 1 is 1.33 bits per heavy atom. The molecular formula is C15H24FNO. The Labute approximate surface area is 110 Å². The van der Waals surface area contributed by atoms with Gasteiger partial charge in [0.05, 0.1) is 12.1 Å². The Morgan fingerprint density at radius 2 is 2.00 bits per heavy atom. The Morgan fingerprint density at radius 3 is 2.44 bits per heavy atom. The summed E-state index contributed by atoms with van der Waals surface area (Å²) in [5.74, 6) is 0.235. The highest BCUT2D eigenvalue weighted by molar-refractivity contribution is 5.27. The molecule has 1 rings (SSSR count). The lowest BCUT2D eigenvalue weighted by Gasteiger charge is -2.30. The van der Waals surface area contributed by atoms with Gasteiger partial charge < -0.3 is 10.1 Å². The minimum absolute atomic E-state index is 0.0873. The first-order valence-corrected chi connectivity index (χ1v) is 6.56. The van der Waals surface area contributed by atoms with E-state index in [0.29, 0.717) is 18.1 Å². The Bertz CT molecular complexity index is 379. The first-order valence-electron chi connectivity index (χ1n) is 6.56. The van der Waals surface area contributed by atoms with Gasteiger partial charge in [0.1, 0.15) is 5.82 Å². The van der Waals surface area contributed by atoms with E-state index in [4.69, 9.17) is 4.74 Å². The first-order chi connectivity index (χ1) is 8.51. The molecule has 3 heteroatoms. The molecule has 0 aliphatic heterocycles. The molecule has 0 amide bonds. The van der Waals surface area contributed by atoms with Crippen molar-refractivity contribution in [2.24, 2.45) is 5.92 Å². The van der Waals surface area contributed by atoms with Crippen molar-refractivity contribution >= 4 is 0 Å². The fourth-order valence-electron chi connectivity index (χ4n) is 2.25. The second-order valence-electron chi connectivity index (χ2n) is 4.94. The predicted molar refractivity (Wildman–Crippen MR) is 73.2 cm³/mol. The lowest BCUT2D eigenvalue weighted by molar-refractivity contribution is 0.00458. The summed E-state index contributed by atoms with van der Waals surface area (Å²) in [4.78, 5) is 0. The van der Waals surface area contributed by atoms with Crippen LogP contribution in [0.2, 0.25) is 0 Å². The minimum Gasteiger partial charge on any atom is -0.376 e. The zero-order valence-corrected chi connectivity index (χ0v) is 12.0. The molecule has 1 aromatic carbocycles. The summed E-state index contributed by atoms with van der Waals surface area (Å²) < 4.78 is 19.1. The van der Waals surface area contributed by atoms with Gasteiger partial charge >= 0.3 is 0 Å². The van der Waals surface area contributed by atoms with Crippen LogP contribution in [0.5, 0.6) is 0 Å². The van der Waals surface area contributed by atoms with Crippen LogP contribution in [0.15, 0.2) is 18.2 Å². The van der Waals surface area contributed by atoms with Crippen molar-refractivity contribution in [1.82, 2.24) is 5.32 Å². The van der Waals surface area contributed by atoms with Crippen molar-refractivity contribution in [2.75, 3.05) is 13.7 Å². The van der Waals surface area contributed by atoms with Crippen LogP contribution in [0.1, 0.15) is 37.9 Å². The quantitative estimate of drug-likeness (QED) is 0.838. The molecule has 0 saturated heterocycles. The molecule has 2 unspecified atom stereocenters. The summed E-state index contributed by atoms with van der Waals surface area (Å²) in [7, 11) is 1.91. The van der Waals surface area contributed by atoms with E-state index in [-0.39, 0.29) is 18.0 Å². The summed E-state index contributed by atoms with van der Waals surface area (Å²) in [6, 6.07) is 5.34. The maximum absolute atomic E-state index is 13.3. The third kappa shape index (κ3) is 3.53. The number of aryl methyl sites for hydroxylation is 1. The number of likely N-dealkylation sites (N-methyl/N-ethyl adjacent to an activating group) is 1. The molecule has 0 bridgehead atoms. The van der Waals surface area contributed by atoms with Gasteiger partial charge in [-0.3, -0.25) is 0 Å². The predicted octanol–water partition coefficient (Wildman–Crippen LogP) is 3.46. The first kappa shape index (κ1) is 15.1. The SMILES string of the molecule is CCOC(C(C)C)C(NC)c1ccc(F)c(C)c1. The van der Waals surface area contributed by atoms with E-state index in [1.807, 2.05) is 26.1 Å². The average molecular weight is 253 g/mol. The number of rotatable bonds is 6. The largest absolute Gasteiger partial charge is 0.376 e. The van der Waals surface area contributed by atoms with E-state index in [0.717, 1.165) is 5.56 Å². The maximum atomic E-state index is 13.3. The number of nitrogens with one attached hydrogen (secondary N) is 1. The van der Waals surface area contributed by atoms with Gasteiger partial charge in [-0.15, -0.1) is 0 Å². The van der Waals surface area contributed by atoms with Gasteiger partial charge in [-0.2, -0.15) is 0 Å². The minimum atomic E-state index is -0.161. The van der Waals surface area contributed by atoms with Crippen LogP contribution < -0.4 is 5.32 Å². The molecule has 18 heavy (non-hydrogen) atoms. The molecule has 0 saturated carbocycles. The Kier molecular flexibility index (Phi) is 5.76. The molecule has 2 nitrogen and oxygen atoms in total. The topological polar surface area (TPSA) is 21.3 Å². The second-order valence-corrected chi connectivity index (χ2v) is 4.94. The van der Waals surface area contributed by atoms with Crippen LogP contribution in [0, 0.1) is 18.7 Å². The fourth-order valence-corrected chi connectivity index (χ4v) is 2.25. The maximum Gasteiger partial charge on any atom is 0.126 e. The molecule has 0 aliphatic carbocycles. The standard InChI is InChI=1S/C15H24FNO/c1-6-18-15(10(2)3)14(17-5)12-7-8-13(16)11(4)9-12/h7-10,14-15,17H,6H2,1-5H3. The molecule has 0 heterocycles. The van der Waals surface area contributed by atoms with E-state index in [1.165, 1.54) is 6.07 Å². The van der Waals surface area contributed by atoms with Gasteiger partial charge in [-0.1, -0.05) is 26.0 Å². The molecule has 0 spiro atoms. The molecule has 1 aromatic rings. The molecule has 102 valence electrons. The number of halogens is 1. The normalized spacial score (nSPS) is 14.8. The molecule has 1 N–H and O–H groups in total. The van der Waals surface area contributed by atoms with Crippen molar-refractivity contribution in [3.63, 3.8) is 0 Å². The Hall–Kier alpha value is -0.930. The molecule has 0 fully saturated rings. The highest BCUT2D eigenvalue weighted by Gasteiger charge is 2.25. The monoisotopic (exact) mass is 253 g/mol. The van der Waals surface area contributed by atoms with E-state index in [1.54, 1.807) is 6.92 Å². The Balaban J connectivity index is 3.02. The van der Waals surface area contributed by atoms with Gasteiger partial charge in [0.25, 0.3) is 0 Å². The van der Waals surface area contributed by atoms with Crippen molar-refractivity contribution < 1.29 is 9.13 Å². The van der Waals surface area contributed by atoms with Crippen LogP contribution in [0.4, 0.5) is 4.39 Å². The van der Waals surface area contributed by atoms with Crippen LogP contribution in [-0.4, -0.2) is 19.8 Å². The lowest BCUT2D eigenvalue weighted by atomic mass is 9.92. The smallest absolute Gasteiger partial charge is 0.126 e. The van der Waals surface area contributed by atoms with Crippen molar-refractivity contribution in [2.45, 2.75) is 39.8 Å². The summed E-state index contributed by atoms with van der Waals surface area (Å²) in [6.07, 6.45) is 0.0878. The summed E-state index contributed by atoms with van der Waals surface area (Å²) in [5.41, 5.74) is 1.75. The zero-order valence-electron chi connectivity index (χ0n) is 12.0. The van der Waals surface area contributed by atoms with Gasteiger partial charge in [0, 0.05) is 6.61 Å². The van der Waals surface area contributed by atoms with Gasteiger partial charge in [-0.25, -0.2) is 4.39 Å². The van der Waals surface area contributed by atoms with E-state index >= 15 is 0 Å². The highest BCUT2D eigenvalue weighted by Crippen LogP contribution is 2.25. The van der Waals surface area contributed by atoms with Crippen LogP contribution in [-0.2, 0) is 4.74 Å². The summed E-state index contributed by atoms with van der Waals surface area (Å²) in [5, 5.41) is 3.28. The average Bonchev–Trinajstić information content (AvgIpc) is 2.33. The van der Waals surface area contributed by atoms with E-state index in [9.17, 15) is 4.39 Å². The lowest BCUT2D eigenvalue weighted by Crippen LogP contribution is -2.35. The number of ether oxygens (including phenoxy) is 1. The molecule has 0 aliphatic rings. The summed E-state index contributed by atoms with van der Waals surface area (Å²) >= 11 is 0. The second kappa shape index (κ2) is 6.86. The van der Waals surface area contributed by atoms with Gasteiger partial charge in [0.15, 0.2) is 0 Å². The van der Waals surface area contributed by atoms with Gasteiger partial charge in [0.2, 0.25) is 0 Å². The van der Waals surface area contributed by atoms with Crippen LogP contribution >= 0.6 is 0 Å². The third-order valence-electron chi connectivity index (χ3n) is 3.20. The number of hydrogen-bond donors (Lipinski definition) is 1. The molecule has 0 radical (unpaired) electrons. The molecule has 2 atom stereocenters. The summed E-state index contributed by atoms with van der Waals surface area (Å²) in [6.45, 7) is 8.75. The van der Waals surface area contributed by atoms with Crippen molar-refractivity contribution in [3.8, 4) is 0 Å². The van der Waals surface area contributed by atoms with Crippen molar-refractivity contribution in [3.05, 3.63) is 35.1 Å². The highest BCUT2D eigenvalue weighted by atomic mass is 19.1. The fraction of sp³-hybridized carbons (Fsp3) is 0.600. The van der Waals surface area contributed by atoms with E-state index < -0.39 is 0 Å². The number of hydrogen-bond acceptors (Lipinski definition) is 2. The zero-order chi connectivity index (χ0) is 13.7. The van der Waals surface area contributed by atoms with Crippen molar-refractivity contribution in [1.29, 1.82) is 0 Å². The van der Waals surface area contributed by atoms with Crippen LogP contribution in [0.25, 0.3) is 0 Å². The third-order valence-corrected chi connectivity index (χ3v) is 3.20.